The molecule has 0 heterocycles. The van der Waals surface area contributed by atoms with E-state index in [1.165, 1.54) is 13.0 Å². The van der Waals surface area contributed by atoms with Crippen molar-refractivity contribution in [2.24, 2.45) is 5.73 Å². The van der Waals surface area contributed by atoms with Crippen LogP contribution in [0.3, 0.4) is 0 Å². The number of rotatable bonds is 4. The maximum Gasteiger partial charge on any atom is 0.320 e. The molecule has 0 fully saturated rings. The average molecular weight is 225 g/mol. The van der Waals surface area contributed by atoms with E-state index in [2.05, 4.69) is 0 Å². The van der Waals surface area contributed by atoms with Gasteiger partial charge < -0.3 is 15.9 Å². The summed E-state index contributed by atoms with van der Waals surface area (Å²) >= 11 is 0. The molecule has 2 unspecified atom stereocenters. The summed E-state index contributed by atoms with van der Waals surface area (Å²) in [5.74, 6) is -1.40. The number of hydrogen-bond acceptors (Lipinski definition) is 4. The van der Waals surface area contributed by atoms with Crippen molar-refractivity contribution >= 4 is 11.8 Å². The third-order valence-electron chi connectivity index (χ3n) is 2.63. The summed E-state index contributed by atoms with van der Waals surface area (Å²) in [5, 5.41) is 18.4. The number of nitrogens with two attached hydrogens (primary N) is 1. The molecule has 0 aromatic carbocycles. The van der Waals surface area contributed by atoms with Crippen molar-refractivity contribution < 1.29 is 19.8 Å². The fourth-order valence-corrected chi connectivity index (χ4v) is 1.42. The second-order valence-electron chi connectivity index (χ2n) is 3.95. The van der Waals surface area contributed by atoms with E-state index in [0.29, 0.717) is 0 Å². The fraction of sp³-hybridized carbons (Fsp3) is 0.455. The van der Waals surface area contributed by atoms with Gasteiger partial charge in [-0.05, 0) is 25.0 Å². The Labute approximate surface area is 93.3 Å². The number of aliphatic carboxylic acids is 1. The predicted molar refractivity (Wildman–Crippen MR) is 57.7 cm³/mol. The van der Waals surface area contributed by atoms with Crippen molar-refractivity contribution in [1.82, 2.24) is 0 Å². The van der Waals surface area contributed by atoms with Crippen LogP contribution in [0.5, 0.6) is 0 Å². The van der Waals surface area contributed by atoms with Crippen molar-refractivity contribution in [1.29, 1.82) is 0 Å². The molecule has 1 aliphatic carbocycles. The summed E-state index contributed by atoms with van der Waals surface area (Å²) in [6.07, 6.45) is 4.94. The van der Waals surface area contributed by atoms with Crippen LogP contribution >= 0.6 is 0 Å². The minimum atomic E-state index is -1.45. The zero-order valence-electron chi connectivity index (χ0n) is 9.01. The quantitative estimate of drug-likeness (QED) is 0.625. The van der Waals surface area contributed by atoms with Gasteiger partial charge >= 0.3 is 5.97 Å². The molecule has 1 aliphatic rings. The van der Waals surface area contributed by atoms with Gasteiger partial charge in [0.2, 0.25) is 0 Å². The molecule has 5 nitrogen and oxygen atoms in total. The monoisotopic (exact) mass is 225 g/mol. The highest BCUT2D eigenvalue weighted by Gasteiger charge is 2.30. The summed E-state index contributed by atoms with van der Waals surface area (Å²) < 4.78 is 0. The number of ketones is 1. The van der Waals surface area contributed by atoms with Gasteiger partial charge in [0.1, 0.15) is 11.6 Å². The molecular weight excluding hydrogens is 210 g/mol. The Morgan fingerprint density at radius 2 is 2.25 bits per heavy atom. The van der Waals surface area contributed by atoms with Crippen molar-refractivity contribution in [3.8, 4) is 0 Å². The summed E-state index contributed by atoms with van der Waals surface area (Å²) in [4.78, 5) is 21.6. The smallest absolute Gasteiger partial charge is 0.320 e. The Morgan fingerprint density at radius 1 is 1.62 bits per heavy atom. The first-order valence-corrected chi connectivity index (χ1v) is 4.95. The molecule has 88 valence electrons. The number of allylic oxidation sites excluding steroid dienone is 1. The third kappa shape index (κ3) is 2.77. The molecule has 0 aromatic rings. The first-order valence-electron chi connectivity index (χ1n) is 4.95. The van der Waals surface area contributed by atoms with Crippen LogP contribution in [0.2, 0.25) is 0 Å². The van der Waals surface area contributed by atoms with Crippen LogP contribution in [0.25, 0.3) is 0 Å². The van der Waals surface area contributed by atoms with Crippen molar-refractivity contribution in [3.05, 3.63) is 23.8 Å². The zero-order valence-corrected chi connectivity index (χ0v) is 9.01. The van der Waals surface area contributed by atoms with Gasteiger partial charge in [-0.1, -0.05) is 12.2 Å². The lowest BCUT2D eigenvalue weighted by Gasteiger charge is -2.23. The molecule has 0 saturated carbocycles. The Kier molecular flexibility index (Phi) is 3.62. The number of carboxylic acids is 1. The van der Waals surface area contributed by atoms with Crippen LogP contribution < -0.4 is 5.73 Å². The van der Waals surface area contributed by atoms with Crippen molar-refractivity contribution in [3.63, 3.8) is 0 Å². The Morgan fingerprint density at radius 3 is 2.62 bits per heavy atom. The van der Waals surface area contributed by atoms with Gasteiger partial charge in [0.15, 0.2) is 5.78 Å². The number of carbonyl (C=O) groups excluding carboxylic acids is 1. The Balaban J connectivity index is 2.65. The molecule has 0 bridgehead atoms. The maximum atomic E-state index is 11.1. The van der Waals surface area contributed by atoms with E-state index in [-0.39, 0.29) is 18.6 Å². The van der Waals surface area contributed by atoms with Gasteiger partial charge in [0.25, 0.3) is 0 Å². The first-order chi connectivity index (χ1) is 7.35. The number of aliphatic hydroxyl groups is 1. The van der Waals surface area contributed by atoms with E-state index in [0.717, 1.165) is 5.57 Å². The summed E-state index contributed by atoms with van der Waals surface area (Å²) in [7, 11) is 0. The second kappa shape index (κ2) is 4.59. The van der Waals surface area contributed by atoms with Crippen LogP contribution in [-0.4, -0.2) is 33.6 Å². The average Bonchev–Trinajstić information content (AvgIpc) is 2.21. The molecule has 0 radical (unpaired) electrons. The summed E-state index contributed by atoms with van der Waals surface area (Å²) in [6, 6.07) is -0.959. The van der Waals surface area contributed by atoms with Gasteiger partial charge in [-0.3, -0.25) is 9.59 Å². The van der Waals surface area contributed by atoms with Crippen LogP contribution in [0.1, 0.15) is 19.8 Å². The molecule has 0 saturated heterocycles. The predicted octanol–water partition coefficient (Wildman–Crippen LogP) is -0.00520. The first kappa shape index (κ1) is 12.6. The number of carbonyl (C=O) groups is 2. The largest absolute Gasteiger partial charge is 0.480 e. The molecule has 1 rings (SSSR count). The molecule has 0 spiro atoms. The van der Waals surface area contributed by atoms with E-state index >= 15 is 0 Å². The molecule has 0 amide bonds. The van der Waals surface area contributed by atoms with E-state index in [4.69, 9.17) is 10.8 Å². The number of carboxylic acid groups (broad SMARTS) is 1. The van der Waals surface area contributed by atoms with Crippen LogP contribution in [0, 0.1) is 0 Å². The highest BCUT2D eigenvalue weighted by Crippen LogP contribution is 2.23. The molecule has 0 aliphatic heterocycles. The summed E-state index contributed by atoms with van der Waals surface area (Å²) in [6.45, 7) is 1.31. The van der Waals surface area contributed by atoms with Crippen molar-refractivity contribution in [2.45, 2.75) is 31.4 Å². The third-order valence-corrected chi connectivity index (χ3v) is 2.63. The Bertz CT molecular complexity index is 372. The van der Waals surface area contributed by atoms with Gasteiger partial charge in [0, 0.05) is 6.42 Å². The minimum Gasteiger partial charge on any atom is -0.480 e. The maximum absolute atomic E-state index is 11.1. The lowest BCUT2D eigenvalue weighted by atomic mass is 9.87. The molecule has 2 atom stereocenters. The Hall–Kier alpha value is -1.46. The molecule has 16 heavy (non-hydrogen) atoms. The highest BCUT2D eigenvalue weighted by atomic mass is 16.4. The summed E-state index contributed by atoms with van der Waals surface area (Å²) in [5.41, 5.74) is 4.65. The topological polar surface area (TPSA) is 101 Å². The SMILES string of the molecule is CC(=O)C1(O)C=CC(CC(N)C(=O)O)=CC1. The molecule has 4 N–H and O–H groups in total. The molecule has 5 heteroatoms. The van der Waals surface area contributed by atoms with Crippen LogP contribution in [0.15, 0.2) is 23.8 Å². The zero-order chi connectivity index (χ0) is 12.3. The van der Waals surface area contributed by atoms with Crippen LogP contribution in [-0.2, 0) is 9.59 Å². The van der Waals surface area contributed by atoms with E-state index in [1.807, 2.05) is 0 Å². The van der Waals surface area contributed by atoms with E-state index in [1.54, 1.807) is 12.2 Å². The fourth-order valence-electron chi connectivity index (χ4n) is 1.42. The van der Waals surface area contributed by atoms with Gasteiger partial charge in [-0.2, -0.15) is 0 Å². The van der Waals surface area contributed by atoms with E-state index < -0.39 is 17.6 Å². The molecule has 0 aromatic heterocycles. The second-order valence-corrected chi connectivity index (χ2v) is 3.95. The van der Waals surface area contributed by atoms with Crippen molar-refractivity contribution in [2.75, 3.05) is 0 Å². The number of hydrogen-bond donors (Lipinski definition) is 3. The normalized spacial score (nSPS) is 26.1. The molecular formula is C11H15NO4. The lowest BCUT2D eigenvalue weighted by Crippen LogP contribution is -2.36. The van der Waals surface area contributed by atoms with Gasteiger partial charge in [-0.25, -0.2) is 0 Å². The highest BCUT2D eigenvalue weighted by molar-refractivity contribution is 5.87. The van der Waals surface area contributed by atoms with Crippen LogP contribution in [0.4, 0.5) is 0 Å². The van der Waals surface area contributed by atoms with Gasteiger partial charge in [-0.15, -0.1) is 0 Å². The van der Waals surface area contributed by atoms with E-state index in [9.17, 15) is 14.7 Å². The number of Topliss-reactive ketones (excluding diaryl/α,β-unsaturated/α-hetero) is 1. The standard InChI is InChI=1S/C11H15NO4/c1-7(13)11(16)4-2-8(3-5-11)6-9(12)10(14)15/h2-4,9,16H,5-6,12H2,1H3,(H,14,15). The minimum absolute atomic E-state index is 0.167. The van der Waals surface area contributed by atoms with Gasteiger partial charge in [0.05, 0.1) is 0 Å². The lowest BCUT2D eigenvalue weighted by molar-refractivity contribution is -0.138.